The molecule has 1 aromatic carbocycles. The number of piperidine rings is 2. The van der Waals surface area contributed by atoms with Gasteiger partial charge in [0.05, 0.1) is 90.8 Å². The van der Waals surface area contributed by atoms with Crippen molar-refractivity contribution in [1.29, 1.82) is 0 Å². The third-order valence-electron chi connectivity index (χ3n) is 14.1. The van der Waals surface area contributed by atoms with Gasteiger partial charge in [0.25, 0.3) is 12.3 Å². The van der Waals surface area contributed by atoms with Gasteiger partial charge in [-0.1, -0.05) is 28.3 Å². The number of para-hydroxylation sites is 1. The van der Waals surface area contributed by atoms with Gasteiger partial charge in [0.15, 0.2) is 11.3 Å². The van der Waals surface area contributed by atoms with Crippen LogP contribution in [0, 0.1) is 17.8 Å². The Balaban J connectivity index is 0.752. The molecule has 3 amide bonds. The number of hydrogen-bond donors (Lipinski definition) is 2. The first kappa shape index (κ1) is 45.1. The maximum atomic E-state index is 14.5. The molecule has 5 aromatic rings. The highest BCUT2D eigenvalue weighted by Gasteiger charge is 2.47. The molecule has 4 aliphatic heterocycles. The first-order valence-corrected chi connectivity index (χ1v) is 22.5. The number of benzene rings is 1. The lowest BCUT2D eigenvalue weighted by atomic mass is 9.30. The molecule has 67 heavy (non-hydrogen) atoms. The predicted octanol–water partition coefficient (Wildman–Crippen LogP) is 2.11. The van der Waals surface area contributed by atoms with E-state index in [0.717, 1.165) is 6.42 Å². The highest BCUT2D eigenvalue weighted by atomic mass is 19.3. The minimum Gasteiger partial charge on any atom is -0.374 e. The molecule has 5 fully saturated rings. The van der Waals surface area contributed by atoms with Gasteiger partial charge in [-0.2, -0.15) is 10.2 Å². The fourth-order valence-electron chi connectivity index (χ4n) is 10.7. The minimum absolute atomic E-state index is 0.0725. The molecule has 17 nitrogen and oxygen atoms in total. The summed E-state index contributed by atoms with van der Waals surface area (Å²) in [5.74, 6) is 4.76. The van der Waals surface area contributed by atoms with Crippen molar-refractivity contribution in [2.45, 2.75) is 92.1 Å². The van der Waals surface area contributed by atoms with E-state index in [1.54, 1.807) is 31.4 Å². The van der Waals surface area contributed by atoms with Crippen molar-refractivity contribution in [2.75, 3.05) is 49.6 Å². The number of hydrogen-bond acceptors (Lipinski definition) is 11. The SMILES string of the molecule is [B]C1([B])CC(n2cc(NC(=O)c3cnn4ccc(N5C[C@H]6C[C@@H]5CO6)nc34)c(C(F)F)n2)CC([B])([B])C1CN1CCC(OCC#Cc2cccc3c2n(C)c(=O)n3C2CCC(=O)NC2=O)CC1. The van der Waals surface area contributed by atoms with E-state index in [1.807, 2.05) is 6.07 Å². The Hall–Kier alpha value is -5.71. The van der Waals surface area contributed by atoms with Crippen LogP contribution in [0.1, 0.15) is 85.1 Å². The number of aromatic nitrogens is 7. The number of fused-ring (bicyclic) bond motifs is 4. The summed E-state index contributed by atoms with van der Waals surface area (Å²) in [6.45, 7) is 3.14. The molecule has 1 aliphatic carbocycles. The molecule has 4 saturated heterocycles. The van der Waals surface area contributed by atoms with E-state index in [9.17, 15) is 28.0 Å². The van der Waals surface area contributed by atoms with E-state index in [1.165, 1.54) is 30.7 Å². The van der Waals surface area contributed by atoms with E-state index < -0.39 is 52.4 Å². The molecular weight excluding hydrogens is 860 g/mol. The molecule has 1 unspecified atom stereocenters. The van der Waals surface area contributed by atoms with Crippen molar-refractivity contribution >= 4 is 77.3 Å². The van der Waals surface area contributed by atoms with Crippen LogP contribution in [-0.4, -0.2) is 145 Å². The molecule has 8 radical (unpaired) electrons. The fraction of sp³-hybridized carbons (Fsp3) is 0.523. The molecule has 4 aromatic heterocycles. The molecule has 338 valence electrons. The van der Waals surface area contributed by atoms with E-state index in [-0.39, 0.29) is 79.0 Å². The smallest absolute Gasteiger partial charge is 0.329 e. The van der Waals surface area contributed by atoms with Crippen molar-refractivity contribution in [3.05, 3.63) is 70.2 Å². The number of imidazole rings is 1. The average molecular weight is 905 g/mol. The zero-order chi connectivity index (χ0) is 46.9. The van der Waals surface area contributed by atoms with Crippen LogP contribution in [0.15, 0.2) is 47.7 Å². The normalized spacial score (nSPS) is 25.2. The van der Waals surface area contributed by atoms with E-state index in [2.05, 4.69) is 42.5 Å². The van der Waals surface area contributed by atoms with Crippen molar-refractivity contribution < 1.29 is 32.6 Å². The van der Waals surface area contributed by atoms with Gasteiger partial charge < -0.3 is 24.6 Å². The number of carbonyl (C=O) groups excluding carboxylic acids is 3. The summed E-state index contributed by atoms with van der Waals surface area (Å²) in [5.41, 5.74) is 0.943. The molecule has 2 bridgehead atoms. The van der Waals surface area contributed by atoms with Crippen LogP contribution >= 0.6 is 0 Å². The lowest BCUT2D eigenvalue weighted by Crippen LogP contribution is -2.50. The second kappa shape index (κ2) is 17.4. The fourth-order valence-corrected chi connectivity index (χ4v) is 10.7. The molecule has 8 heterocycles. The maximum absolute atomic E-state index is 14.5. The van der Waals surface area contributed by atoms with Crippen LogP contribution < -0.4 is 21.2 Å². The quantitative estimate of drug-likeness (QED) is 0.119. The number of nitrogens with zero attached hydrogens (tertiary/aromatic N) is 9. The number of ether oxygens (including phenoxy) is 2. The van der Waals surface area contributed by atoms with Gasteiger partial charge in [-0.3, -0.25) is 33.5 Å². The Morgan fingerprint density at radius 3 is 2.55 bits per heavy atom. The van der Waals surface area contributed by atoms with Crippen LogP contribution in [0.2, 0.25) is 10.4 Å². The Morgan fingerprint density at radius 1 is 1.07 bits per heavy atom. The first-order valence-electron chi connectivity index (χ1n) is 22.5. The Bertz CT molecular complexity index is 2880. The average Bonchev–Trinajstić information content (AvgIpc) is 4.14. The van der Waals surface area contributed by atoms with Gasteiger partial charge in [0.2, 0.25) is 11.8 Å². The largest absolute Gasteiger partial charge is 0.374 e. The highest BCUT2D eigenvalue weighted by molar-refractivity contribution is 6.45. The molecule has 2 N–H and O–H groups in total. The van der Waals surface area contributed by atoms with Crippen molar-refractivity contribution in [3.8, 4) is 11.8 Å². The summed E-state index contributed by atoms with van der Waals surface area (Å²) < 4.78 is 46.5. The van der Waals surface area contributed by atoms with Gasteiger partial charge in [-0.25, -0.2) is 23.1 Å². The van der Waals surface area contributed by atoms with Crippen LogP contribution in [0.3, 0.4) is 0 Å². The molecule has 3 atom stereocenters. The summed E-state index contributed by atoms with van der Waals surface area (Å²) in [6.07, 6.45) is 4.35. The second-order valence-corrected chi connectivity index (χ2v) is 18.6. The maximum Gasteiger partial charge on any atom is 0.329 e. The lowest BCUT2D eigenvalue weighted by molar-refractivity contribution is -0.135. The molecule has 1 saturated carbocycles. The lowest BCUT2D eigenvalue weighted by Gasteiger charge is -2.55. The number of imide groups is 1. The Morgan fingerprint density at radius 2 is 1.85 bits per heavy atom. The summed E-state index contributed by atoms with van der Waals surface area (Å²) in [7, 11) is 28.8. The third kappa shape index (κ3) is 8.49. The molecule has 0 spiro atoms. The summed E-state index contributed by atoms with van der Waals surface area (Å²) >= 11 is 0. The number of aryl methyl sites for hydroxylation is 1. The standard InChI is InChI=1S/C44H45B4F2N11O6/c1-56-37-24(4-2-6-31(37)61(42(56)65)32-7-8-35(62)54-41(32)64)5-3-15-66-27-9-12-57(13-10-27)22-33-43(45,46)17-26(18-44(33,47)48)60-21-30(36(55-60)38(49)50)52-40(63)29-19-51-59-14-11-34(53-39(29)59)58-20-28-16-25(58)23-67-28/h2,4,6,11,14,19,21,25-28,32-33,38H,7-10,12-13,15-18,20,22-23H2,1H3,(H,52,63)(H,54,62,64)/t25-,26?,28-,32?,33?/m1/s1. The molecule has 5 aliphatic rings. The number of alkyl halides is 2. The number of rotatable bonds is 10. The number of likely N-dealkylation sites (tertiary alicyclic amines) is 1. The number of morpholine rings is 1. The highest BCUT2D eigenvalue weighted by Crippen LogP contribution is 2.57. The summed E-state index contributed by atoms with van der Waals surface area (Å²) in [6, 6.07) is 5.90. The van der Waals surface area contributed by atoms with Crippen molar-refractivity contribution in [3.63, 3.8) is 0 Å². The number of anilines is 2. The van der Waals surface area contributed by atoms with Crippen LogP contribution in [0.25, 0.3) is 16.7 Å². The third-order valence-corrected chi connectivity index (χ3v) is 14.1. The monoisotopic (exact) mass is 905 g/mol. The van der Waals surface area contributed by atoms with Crippen LogP contribution in [-0.2, 0) is 26.1 Å². The van der Waals surface area contributed by atoms with Gasteiger partial charge in [0, 0.05) is 45.5 Å². The van der Waals surface area contributed by atoms with E-state index in [0.29, 0.717) is 68.0 Å². The Labute approximate surface area is 389 Å². The minimum atomic E-state index is -3.02. The van der Waals surface area contributed by atoms with Crippen molar-refractivity contribution in [2.24, 2.45) is 13.0 Å². The number of halogens is 2. The second-order valence-electron chi connectivity index (χ2n) is 18.6. The zero-order valence-electron chi connectivity index (χ0n) is 36.8. The van der Waals surface area contributed by atoms with Gasteiger partial charge >= 0.3 is 5.69 Å². The topological polar surface area (TPSA) is 175 Å². The summed E-state index contributed by atoms with van der Waals surface area (Å²) in [4.78, 5) is 60.3. The van der Waals surface area contributed by atoms with Crippen LogP contribution in [0.5, 0.6) is 0 Å². The van der Waals surface area contributed by atoms with Crippen molar-refractivity contribution in [1.82, 2.24) is 43.7 Å². The predicted molar refractivity (Wildman–Crippen MR) is 245 cm³/mol. The summed E-state index contributed by atoms with van der Waals surface area (Å²) in [5, 5.41) is 10.6. The van der Waals surface area contributed by atoms with Gasteiger partial charge in [-0.15, -0.1) is 0 Å². The zero-order valence-corrected chi connectivity index (χ0v) is 36.8. The molecular formula is C44H45B4F2N11O6. The molecule has 23 heteroatoms. The van der Waals surface area contributed by atoms with E-state index >= 15 is 0 Å². The van der Waals surface area contributed by atoms with Gasteiger partial charge in [-0.05, 0) is 69.2 Å². The first-order chi connectivity index (χ1) is 32.0. The van der Waals surface area contributed by atoms with Crippen LogP contribution in [0.4, 0.5) is 20.3 Å². The van der Waals surface area contributed by atoms with Gasteiger partial charge in [0.1, 0.15) is 24.0 Å². The number of nitrogens with one attached hydrogen (secondary N) is 2. The number of amides is 3. The van der Waals surface area contributed by atoms with E-state index in [4.69, 9.17) is 45.8 Å². The number of carbonyl (C=O) groups is 3. The molecule has 10 rings (SSSR count). The Kier molecular flexibility index (Phi) is 11.7.